The molecule has 29 heavy (non-hydrogen) atoms. The highest BCUT2D eigenvalue weighted by Gasteiger charge is 2.26. The van der Waals surface area contributed by atoms with Gasteiger partial charge >= 0.3 is 0 Å². The van der Waals surface area contributed by atoms with Crippen LogP contribution in [0.2, 0.25) is 0 Å². The van der Waals surface area contributed by atoms with Crippen molar-refractivity contribution in [2.75, 3.05) is 16.0 Å². The van der Waals surface area contributed by atoms with Crippen molar-refractivity contribution in [2.45, 2.75) is 32.6 Å². The lowest BCUT2D eigenvalue weighted by molar-refractivity contribution is 0.102. The van der Waals surface area contributed by atoms with Gasteiger partial charge in [-0.1, -0.05) is 30.3 Å². The second-order valence-electron chi connectivity index (χ2n) is 7.18. The molecule has 2 aromatic carbocycles. The molecular formula is C23H23N3OS2. The van der Waals surface area contributed by atoms with Gasteiger partial charge in [-0.25, -0.2) is 0 Å². The number of carbonyl (C=O) groups is 1. The molecule has 0 bridgehead atoms. The van der Waals surface area contributed by atoms with Gasteiger partial charge < -0.3 is 16.0 Å². The van der Waals surface area contributed by atoms with Crippen molar-refractivity contribution in [3.63, 3.8) is 0 Å². The van der Waals surface area contributed by atoms with Crippen molar-refractivity contribution < 1.29 is 4.79 Å². The Kier molecular flexibility index (Phi) is 5.92. The fourth-order valence-electron chi connectivity index (χ4n) is 3.60. The molecule has 0 aliphatic heterocycles. The fourth-order valence-corrected chi connectivity index (χ4v) is 5.17. The summed E-state index contributed by atoms with van der Waals surface area (Å²) in [5, 5.41) is 10.8. The van der Waals surface area contributed by atoms with Crippen molar-refractivity contribution in [3.05, 3.63) is 76.2 Å². The number of aryl methyl sites for hydroxylation is 2. The third-order valence-electron chi connectivity index (χ3n) is 4.93. The Morgan fingerprint density at radius 3 is 2.48 bits per heavy atom. The first-order valence-corrected chi connectivity index (χ1v) is 11.0. The average Bonchev–Trinajstić information content (AvgIpc) is 3.06. The summed E-state index contributed by atoms with van der Waals surface area (Å²) < 4.78 is 0. The molecule has 148 valence electrons. The number of hydrogen-bond donors (Lipinski definition) is 3. The van der Waals surface area contributed by atoms with Crippen molar-refractivity contribution in [1.82, 2.24) is 0 Å². The van der Waals surface area contributed by atoms with Crippen LogP contribution >= 0.6 is 23.6 Å². The van der Waals surface area contributed by atoms with Crippen molar-refractivity contribution in [1.29, 1.82) is 0 Å². The van der Waals surface area contributed by atoms with E-state index in [4.69, 9.17) is 12.2 Å². The Balaban J connectivity index is 1.59. The summed E-state index contributed by atoms with van der Waals surface area (Å²) in [7, 11) is 0. The second-order valence-corrected chi connectivity index (χ2v) is 8.70. The third-order valence-corrected chi connectivity index (χ3v) is 6.34. The highest BCUT2D eigenvalue weighted by Crippen LogP contribution is 2.38. The van der Waals surface area contributed by atoms with Crippen LogP contribution in [0.4, 0.5) is 16.4 Å². The van der Waals surface area contributed by atoms with E-state index in [9.17, 15) is 4.79 Å². The zero-order chi connectivity index (χ0) is 20.2. The molecule has 1 heterocycles. The number of fused-ring (bicyclic) bond motifs is 1. The van der Waals surface area contributed by atoms with Gasteiger partial charge in [-0.05, 0) is 80.2 Å². The van der Waals surface area contributed by atoms with Gasteiger partial charge in [-0.15, -0.1) is 11.3 Å². The normalized spacial score (nSPS) is 12.7. The molecular weight excluding hydrogens is 398 g/mol. The van der Waals surface area contributed by atoms with Crippen LogP contribution in [0.5, 0.6) is 0 Å². The Bertz CT molecular complexity index is 1040. The number of thiophene rings is 1. The quantitative estimate of drug-likeness (QED) is 0.453. The molecule has 6 heteroatoms. The smallest absolute Gasteiger partial charge is 0.258 e. The first kappa shape index (κ1) is 19.6. The minimum atomic E-state index is -0.0833. The Morgan fingerprint density at radius 2 is 1.69 bits per heavy atom. The van der Waals surface area contributed by atoms with Gasteiger partial charge in [0, 0.05) is 16.3 Å². The van der Waals surface area contributed by atoms with Crippen molar-refractivity contribution in [3.8, 4) is 0 Å². The fraction of sp³-hybridized carbons (Fsp3) is 0.217. The minimum Gasteiger partial charge on any atom is -0.332 e. The number of anilines is 3. The first-order chi connectivity index (χ1) is 14.1. The van der Waals surface area contributed by atoms with E-state index in [2.05, 4.69) is 16.0 Å². The van der Waals surface area contributed by atoms with Crippen LogP contribution in [0.25, 0.3) is 0 Å². The zero-order valence-electron chi connectivity index (χ0n) is 16.2. The number of nitrogens with one attached hydrogen (secondary N) is 3. The number of carbonyl (C=O) groups excluding carboxylic acids is 1. The number of benzene rings is 2. The van der Waals surface area contributed by atoms with E-state index >= 15 is 0 Å². The highest BCUT2D eigenvalue weighted by atomic mass is 32.1. The lowest BCUT2D eigenvalue weighted by Gasteiger charge is -2.14. The van der Waals surface area contributed by atoms with E-state index in [0.29, 0.717) is 5.11 Å². The summed E-state index contributed by atoms with van der Waals surface area (Å²) in [5.41, 5.74) is 4.72. The number of para-hydroxylation sites is 1. The van der Waals surface area contributed by atoms with E-state index < -0.39 is 0 Å². The monoisotopic (exact) mass is 421 g/mol. The van der Waals surface area contributed by atoms with E-state index in [-0.39, 0.29) is 5.91 Å². The van der Waals surface area contributed by atoms with Crippen LogP contribution in [0, 0.1) is 6.92 Å². The molecule has 0 saturated carbocycles. The first-order valence-electron chi connectivity index (χ1n) is 9.76. The van der Waals surface area contributed by atoms with Crippen LogP contribution in [0.15, 0.2) is 54.6 Å². The van der Waals surface area contributed by atoms with Crippen LogP contribution in [-0.4, -0.2) is 11.0 Å². The Morgan fingerprint density at radius 1 is 0.931 bits per heavy atom. The molecule has 3 aromatic rings. The summed E-state index contributed by atoms with van der Waals surface area (Å²) >= 11 is 7.15. The molecule has 1 amide bonds. The molecule has 4 rings (SSSR count). The number of rotatable bonds is 4. The maximum absolute atomic E-state index is 13.2. The average molecular weight is 422 g/mol. The van der Waals surface area contributed by atoms with Gasteiger partial charge in [0.15, 0.2) is 5.11 Å². The topological polar surface area (TPSA) is 53.2 Å². The van der Waals surface area contributed by atoms with Gasteiger partial charge in [0.1, 0.15) is 5.00 Å². The molecule has 3 N–H and O–H groups in total. The maximum Gasteiger partial charge on any atom is 0.258 e. The van der Waals surface area contributed by atoms with Crippen molar-refractivity contribution >= 4 is 51.0 Å². The number of hydrogen-bond acceptors (Lipinski definition) is 3. The van der Waals surface area contributed by atoms with Gasteiger partial charge in [-0.3, -0.25) is 4.79 Å². The second kappa shape index (κ2) is 8.76. The lowest BCUT2D eigenvalue weighted by atomic mass is 9.95. The molecule has 1 aromatic heterocycles. The standard InChI is InChI=1S/C23H23N3OS2/c1-15-8-7-11-17(14-15)24-21(27)20-18-12-5-6-13-19(18)29-22(20)26-23(28)25-16-9-3-2-4-10-16/h2-4,7-11,14H,5-6,12-13H2,1H3,(H,24,27)(H2,25,26,28). The Labute approximate surface area is 180 Å². The number of thiocarbonyl (C=S) groups is 1. The highest BCUT2D eigenvalue weighted by molar-refractivity contribution is 7.80. The molecule has 1 aliphatic rings. The van der Waals surface area contributed by atoms with E-state index in [0.717, 1.165) is 52.3 Å². The summed E-state index contributed by atoms with van der Waals surface area (Å²) in [6, 6.07) is 17.6. The van der Waals surface area contributed by atoms with Crippen LogP contribution < -0.4 is 16.0 Å². The lowest BCUT2D eigenvalue weighted by Crippen LogP contribution is -2.21. The predicted molar refractivity (Wildman–Crippen MR) is 126 cm³/mol. The van der Waals surface area contributed by atoms with Gasteiger partial charge in [-0.2, -0.15) is 0 Å². The molecule has 1 aliphatic carbocycles. The number of amides is 1. The van der Waals surface area contributed by atoms with Gasteiger partial charge in [0.25, 0.3) is 5.91 Å². The third kappa shape index (κ3) is 4.66. The molecule has 4 nitrogen and oxygen atoms in total. The molecule has 0 atom stereocenters. The van der Waals surface area contributed by atoms with Gasteiger partial charge in [0.2, 0.25) is 0 Å². The SMILES string of the molecule is Cc1cccc(NC(=O)c2c(NC(=S)Nc3ccccc3)sc3c2CCCC3)c1. The van der Waals surface area contributed by atoms with E-state index in [1.165, 1.54) is 11.3 Å². The van der Waals surface area contributed by atoms with Gasteiger partial charge in [0.05, 0.1) is 5.56 Å². The molecule has 0 unspecified atom stereocenters. The van der Waals surface area contributed by atoms with Crippen LogP contribution in [0.1, 0.15) is 39.2 Å². The molecule has 0 spiro atoms. The summed E-state index contributed by atoms with van der Waals surface area (Å²) in [4.78, 5) is 14.5. The summed E-state index contributed by atoms with van der Waals surface area (Å²) in [5.74, 6) is -0.0833. The van der Waals surface area contributed by atoms with Crippen LogP contribution in [0.3, 0.4) is 0 Å². The van der Waals surface area contributed by atoms with Crippen LogP contribution in [-0.2, 0) is 12.8 Å². The Hall–Kier alpha value is -2.70. The zero-order valence-corrected chi connectivity index (χ0v) is 17.9. The predicted octanol–water partition coefficient (Wildman–Crippen LogP) is 6.00. The maximum atomic E-state index is 13.2. The summed E-state index contributed by atoms with van der Waals surface area (Å²) in [6.45, 7) is 2.02. The molecule has 0 saturated heterocycles. The minimum absolute atomic E-state index is 0.0833. The molecule has 0 fully saturated rings. The molecule has 0 radical (unpaired) electrons. The van der Waals surface area contributed by atoms with E-state index in [1.54, 1.807) is 11.3 Å². The largest absolute Gasteiger partial charge is 0.332 e. The summed E-state index contributed by atoms with van der Waals surface area (Å²) in [6.07, 6.45) is 4.23. The van der Waals surface area contributed by atoms with E-state index in [1.807, 2.05) is 61.5 Å². The van der Waals surface area contributed by atoms with Crippen molar-refractivity contribution in [2.24, 2.45) is 0 Å².